The summed E-state index contributed by atoms with van der Waals surface area (Å²) in [6.07, 6.45) is 0.742. The Morgan fingerprint density at radius 1 is 0.844 bits per heavy atom. The second-order valence-corrected chi connectivity index (χ2v) is 8.13. The average Bonchev–Trinajstić information content (AvgIpc) is 2.80. The fraction of sp³-hybridized carbons (Fsp3) is 0.192. The van der Waals surface area contributed by atoms with Gasteiger partial charge in [-0.25, -0.2) is 0 Å². The number of benzene rings is 3. The molecule has 0 aliphatic rings. The van der Waals surface area contributed by atoms with Crippen LogP contribution in [0.15, 0.2) is 78.9 Å². The molecule has 0 radical (unpaired) electrons. The van der Waals surface area contributed by atoms with Crippen LogP contribution in [0.25, 0.3) is 0 Å². The Hall–Kier alpha value is -3.51. The van der Waals surface area contributed by atoms with E-state index in [0.717, 1.165) is 17.5 Å². The van der Waals surface area contributed by atoms with Gasteiger partial charge in [0.1, 0.15) is 0 Å². The molecular formula is C26H27N3O2S. The van der Waals surface area contributed by atoms with Gasteiger partial charge in [-0.3, -0.25) is 14.9 Å². The van der Waals surface area contributed by atoms with E-state index in [1.165, 1.54) is 0 Å². The molecule has 32 heavy (non-hydrogen) atoms. The van der Waals surface area contributed by atoms with Crippen molar-refractivity contribution in [2.45, 2.75) is 26.2 Å². The van der Waals surface area contributed by atoms with Crippen LogP contribution in [-0.2, 0) is 6.42 Å². The number of anilines is 1. The van der Waals surface area contributed by atoms with Crippen molar-refractivity contribution in [2.75, 3.05) is 11.9 Å². The van der Waals surface area contributed by atoms with Crippen molar-refractivity contribution in [1.82, 2.24) is 10.6 Å². The fourth-order valence-corrected chi connectivity index (χ4v) is 3.40. The molecule has 0 bridgehead atoms. The lowest BCUT2D eigenvalue weighted by atomic mass is 10.0. The largest absolute Gasteiger partial charge is 0.352 e. The Morgan fingerprint density at radius 3 is 2.19 bits per heavy atom. The molecule has 0 spiro atoms. The molecule has 164 valence electrons. The number of carbonyl (C=O) groups excluding carboxylic acids is 2. The zero-order valence-corrected chi connectivity index (χ0v) is 19.0. The molecule has 3 aromatic rings. The van der Waals surface area contributed by atoms with E-state index in [4.69, 9.17) is 12.2 Å². The first-order valence-electron chi connectivity index (χ1n) is 10.6. The average molecular weight is 446 g/mol. The molecule has 0 aromatic heterocycles. The van der Waals surface area contributed by atoms with Crippen LogP contribution in [0.1, 0.15) is 51.6 Å². The first kappa shape index (κ1) is 23.2. The summed E-state index contributed by atoms with van der Waals surface area (Å²) in [6.45, 7) is 4.72. The molecule has 2 amide bonds. The monoisotopic (exact) mass is 445 g/mol. The molecule has 0 unspecified atom stereocenters. The maximum atomic E-state index is 12.7. The van der Waals surface area contributed by atoms with Gasteiger partial charge >= 0.3 is 0 Å². The van der Waals surface area contributed by atoms with Crippen molar-refractivity contribution >= 4 is 34.8 Å². The molecule has 0 saturated heterocycles. The van der Waals surface area contributed by atoms with Gasteiger partial charge < -0.3 is 10.6 Å². The molecular weight excluding hydrogens is 418 g/mol. The second kappa shape index (κ2) is 11.2. The molecule has 0 saturated carbocycles. The zero-order chi connectivity index (χ0) is 22.9. The van der Waals surface area contributed by atoms with E-state index in [-0.39, 0.29) is 16.9 Å². The van der Waals surface area contributed by atoms with Crippen LogP contribution in [0.4, 0.5) is 5.69 Å². The van der Waals surface area contributed by atoms with Crippen LogP contribution in [0.2, 0.25) is 0 Å². The minimum atomic E-state index is -0.303. The lowest BCUT2D eigenvalue weighted by molar-refractivity contribution is 0.0953. The molecule has 3 N–H and O–H groups in total. The number of thiocarbonyl (C=S) groups is 1. The van der Waals surface area contributed by atoms with Gasteiger partial charge in [0.2, 0.25) is 0 Å². The molecule has 3 rings (SSSR count). The first-order chi connectivity index (χ1) is 15.4. The Kier molecular flexibility index (Phi) is 8.11. The highest BCUT2D eigenvalue weighted by molar-refractivity contribution is 7.80. The predicted molar refractivity (Wildman–Crippen MR) is 133 cm³/mol. The lowest BCUT2D eigenvalue weighted by Gasteiger charge is -2.14. The van der Waals surface area contributed by atoms with Crippen molar-refractivity contribution in [3.05, 3.63) is 101 Å². The molecule has 6 heteroatoms. The highest BCUT2D eigenvalue weighted by Crippen LogP contribution is 2.16. The molecule has 0 aliphatic carbocycles. The van der Waals surface area contributed by atoms with E-state index in [1.54, 1.807) is 36.4 Å². The van der Waals surface area contributed by atoms with Crippen molar-refractivity contribution < 1.29 is 9.59 Å². The van der Waals surface area contributed by atoms with Gasteiger partial charge in [0, 0.05) is 12.1 Å². The second-order valence-electron chi connectivity index (χ2n) is 7.72. The maximum absolute atomic E-state index is 12.7. The van der Waals surface area contributed by atoms with Crippen LogP contribution in [0, 0.1) is 0 Å². The standard InChI is InChI=1S/C26H27N3O2S/c1-18(2)20-12-14-21(15-13-20)24(30)29-26(32)28-23-11-7-6-10-22(23)25(31)27-17-16-19-8-4-3-5-9-19/h3-15,18H,16-17H2,1-2H3,(H,27,31)(H2,28,29,30,32). The Balaban J connectivity index is 1.58. The van der Waals surface area contributed by atoms with E-state index < -0.39 is 0 Å². The van der Waals surface area contributed by atoms with Crippen molar-refractivity contribution in [3.8, 4) is 0 Å². The van der Waals surface area contributed by atoms with Gasteiger partial charge in [-0.1, -0.05) is 68.4 Å². The van der Waals surface area contributed by atoms with Gasteiger partial charge in [-0.05, 0) is 59.9 Å². The summed E-state index contributed by atoms with van der Waals surface area (Å²) in [5.74, 6) is -0.116. The van der Waals surface area contributed by atoms with Crippen LogP contribution >= 0.6 is 12.2 Å². The quantitative estimate of drug-likeness (QED) is 0.452. The topological polar surface area (TPSA) is 70.2 Å². The third kappa shape index (κ3) is 6.49. The van der Waals surface area contributed by atoms with E-state index in [9.17, 15) is 9.59 Å². The molecule has 0 aliphatic heterocycles. The van der Waals surface area contributed by atoms with Gasteiger partial charge in [-0.2, -0.15) is 0 Å². The number of amides is 2. The molecule has 0 fully saturated rings. The third-order valence-electron chi connectivity index (χ3n) is 5.03. The minimum Gasteiger partial charge on any atom is -0.352 e. The van der Waals surface area contributed by atoms with Gasteiger partial charge in [0.15, 0.2) is 5.11 Å². The molecule has 0 atom stereocenters. The van der Waals surface area contributed by atoms with E-state index in [2.05, 4.69) is 29.8 Å². The maximum Gasteiger partial charge on any atom is 0.257 e. The van der Waals surface area contributed by atoms with E-state index >= 15 is 0 Å². The number of rotatable bonds is 7. The summed E-state index contributed by atoms with van der Waals surface area (Å²) in [7, 11) is 0. The first-order valence-corrected chi connectivity index (χ1v) is 11.0. The molecule has 3 aromatic carbocycles. The summed E-state index contributed by atoms with van der Waals surface area (Å²) in [4.78, 5) is 25.2. The van der Waals surface area contributed by atoms with Gasteiger partial charge in [-0.15, -0.1) is 0 Å². The third-order valence-corrected chi connectivity index (χ3v) is 5.23. The summed E-state index contributed by atoms with van der Waals surface area (Å²) in [5.41, 5.74) is 3.83. The summed E-state index contributed by atoms with van der Waals surface area (Å²) < 4.78 is 0. The number of hydrogen-bond donors (Lipinski definition) is 3. The predicted octanol–water partition coefficient (Wildman–Crippen LogP) is 4.91. The summed E-state index contributed by atoms with van der Waals surface area (Å²) in [6, 6.07) is 24.5. The van der Waals surface area contributed by atoms with Crippen molar-refractivity contribution in [1.29, 1.82) is 0 Å². The normalized spacial score (nSPS) is 10.5. The number of carbonyl (C=O) groups is 2. The Bertz CT molecular complexity index is 1080. The highest BCUT2D eigenvalue weighted by Gasteiger charge is 2.13. The van der Waals surface area contributed by atoms with Gasteiger partial charge in [0.05, 0.1) is 11.3 Å². The van der Waals surface area contributed by atoms with Crippen LogP contribution in [0.5, 0.6) is 0 Å². The van der Waals surface area contributed by atoms with Crippen molar-refractivity contribution in [2.24, 2.45) is 0 Å². The zero-order valence-electron chi connectivity index (χ0n) is 18.2. The van der Waals surface area contributed by atoms with Crippen LogP contribution in [-0.4, -0.2) is 23.5 Å². The Labute approximate surface area is 194 Å². The summed E-state index contributed by atoms with van der Waals surface area (Å²) >= 11 is 5.30. The Morgan fingerprint density at radius 2 is 1.50 bits per heavy atom. The van der Waals surface area contributed by atoms with E-state index in [1.807, 2.05) is 42.5 Å². The van der Waals surface area contributed by atoms with Crippen LogP contribution < -0.4 is 16.0 Å². The van der Waals surface area contributed by atoms with Crippen LogP contribution in [0.3, 0.4) is 0 Å². The number of hydrogen-bond acceptors (Lipinski definition) is 3. The molecule has 0 heterocycles. The van der Waals surface area contributed by atoms with Crippen molar-refractivity contribution in [3.63, 3.8) is 0 Å². The SMILES string of the molecule is CC(C)c1ccc(C(=O)NC(=S)Nc2ccccc2C(=O)NCCc2ccccc2)cc1. The number of para-hydroxylation sites is 1. The lowest BCUT2D eigenvalue weighted by Crippen LogP contribution is -2.35. The summed E-state index contributed by atoms with van der Waals surface area (Å²) in [5, 5.41) is 8.71. The fourth-order valence-electron chi connectivity index (χ4n) is 3.20. The highest BCUT2D eigenvalue weighted by atomic mass is 32.1. The van der Waals surface area contributed by atoms with E-state index in [0.29, 0.717) is 29.3 Å². The number of nitrogens with one attached hydrogen (secondary N) is 3. The smallest absolute Gasteiger partial charge is 0.257 e. The minimum absolute atomic E-state index is 0.132. The molecule has 5 nitrogen and oxygen atoms in total. The van der Waals surface area contributed by atoms with Gasteiger partial charge in [0.25, 0.3) is 11.8 Å².